The average molecular weight is 366 g/mol. The van der Waals surface area contributed by atoms with Crippen molar-refractivity contribution in [1.29, 1.82) is 0 Å². The van der Waals surface area contributed by atoms with Crippen LogP contribution in [0.5, 0.6) is 0 Å². The van der Waals surface area contributed by atoms with Crippen LogP contribution < -0.4 is 21.7 Å². The lowest BCUT2D eigenvalue weighted by molar-refractivity contribution is -0.129. The summed E-state index contributed by atoms with van der Waals surface area (Å²) in [5, 5.41) is 17.6. The van der Waals surface area contributed by atoms with Gasteiger partial charge in [-0.3, -0.25) is 9.59 Å². The van der Waals surface area contributed by atoms with E-state index in [0.29, 0.717) is 19.3 Å². The third-order valence-corrected chi connectivity index (χ3v) is 4.33. The molecular formula is C17H23FN4O4. The van der Waals surface area contributed by atoms with Crippen LogP contribution in [0, 0.1) is 11.7 Å². The molecule has 0 saturated heterocycles. The van der Waals surface area contributed by atoms with Crippen molar-refractivity contribution in [2.24, 2.45) is 11.7 Å². The molecule has 2 rings (SSSR count). The zero-order chi connectivity index (χ0) is 19.1. The van der Waals surface area contributed by atoms with Crippen LogP contribution in [-0.4, -0.2) is 41.6 Å². The van der Waals surface area contributed by atoms with Crippen LogP contribution in [-0.2, 0) is 16.1 Å². The van der Waals surface area contributed by atoms with Gasteiger partial charge >= 0.3 is 6.03 Å². The first-order valence-electron chi connectivity index (χ1n) is 8.38. The van der Waals surface area contributed by atoms with Crippen molar-refractivity contribution in [3.8, 4) is 0 Å². The number of aliphatic hydroxyl groups is 1. The second kappa shape index (κ2) is 9.14. The molecular weight excluding hydrogens is 343 g/mol. The molecule has 0 aromatic heterocycles. The van der Waals surface area contributed by atoms with E-state index >= 15 is 0 Å². The van der Waals surface area contributed by atoms with Crippen molar-refractivity contribution in [1.82, 2.24) is 16.0 Å². The minimum Gasteiger partial charge on any atom is -0.391 e. The number of aliphatic hydroxyl groups excluding tert-OH is 1. The quantitative estimate of drug-likeness (QED) is 0.475. The molecule has 4 amide bonds. The molecule has 1 aliphatic rings. The summed E-state index contributed by atoms with van der Waals surface area (Å²) in [4.78, 5) is 34.7. The van der Waals surface area contributed by atoms with Gasteiger partial charge in [-0.2, -0.15) is 0 Å². The molecule has 0 bridgehead atoms. The molecule has 1 fully saturated rings. The Kier molecular flexibility index (Phi) is 6.90. The Morgan fingerprint density at radius 3 is 2.50 bits per heavy atom. The van der Waals surface area contributed by atoms with Crippen LogP contribution in [0.15, 0.2) is 24.3 Å². The second-order valence-electron chi connectivity index (χ2n) is 6.31. The molecule has 9 heteroatoms. The molecule has 1 aliphatic carbocycles. The molecule has 0 unspecified atom stereocenters. The van der Waals surface area contributed by atoms with Gasteiger partial charge in [0.1, 0.15) is 5.82 Å². The molecule has 1 aromatic rings. The summed E-state index contributed by atoms with van der Waals surface area (Å²) in [5.41, 5.74) is 5.68. The summed E-state index contributed by atoms with van der Waals surface area (Å²) in [5.74, 6) is -1.37. The fourth-order valence-corrected chi connectivity index (χ4v) is 2.91. The lowest BCUT2D eigenvalue weighted by Gasteiger charge is -2.33. The van der Waals surface area contributed by atoms with Gasteiger partial charge < -0.3 is 26.8 Å². The normalized spacial score (nSPS) is 22.3. The Morgan fingerprint density at radius 1 is 1.15 bits per heavy atom. The number of hydrogen-bond acceptors (Lipinski definition) is 4. The number of halogens is 1. The Bertz CT molecular complexity index is 653. The maximum Gasteiger partial charge on any atom is 0.312 e. The van der Waals surface area contributed by atoms with Crippen LogP contribution in [0.2, 0.25) is 0 Å². The Balaban J connectivity index is 1.83. The van der Waals surface area contributed by atoms with Crippen LogP contribution in [0.3, 0.4) is 0 Å². The predicted molar refractivity (Wildman–Crippen MR) is 91.1 cm³/mol. The number of primary amides is 1. The van der Waals surface area contributed by atoms with E-state index in [0.717, 1.165) is 5.56 Å². The molecule has 0 spiro atoms. The van der Waals surface area contributed by atoms with Gasteiger partial charge in [0.15, 0.2) is 0 Å². The molecule has 8 nitrogen and oxygen atoms in total. The average Bonchev–Trinajstić information content (AvgIpc) is 2.61. The first-order chi connectivity index (χ1) is 12.3. The van der Waals surface area contributed by atoms with Crippen molar-refractivity contribution in [3.63, 3.8) is 0 Å². The van der Waals surface area contributed by atoms with Crippen molar-refractivity contribution in [2.45, 2.75) is 38.0 Å². The number of nitrogens with two attached hydrogens (primary N) is 1. The summed E-state index contributed by atoms with van der Waals surface area (Å²) in [6.45, 7) is -0.0162. The highest BCUT2D eigenvalue weighted by Crippen LogP contribution is 2.25. The summed E-state index contributed by atoms with van der Waals surface area (Å²) in [7, 11) is 0. The number of benzene rings is 1. The SMILES string of the molecule is NC(=O)NCC(=O)N[C@@H]1C[C@@H](C(=O)NCc2ccc(F)cc2)CC[C@H]1O. The van der Waals surface area contributed by atoms with E-state index in [2.05, 4.69) is 16.0 Å². The highest BCUT2D eigenvalue weighted by atomic mass is 19.1. The fraction of sp³-hybridized carbons (Fsp3) is 0.471. The molecule has 6 N–H and O–H groups in total. The molecule has 0 aliphatic heterocycles. The Hall–Kier alpha value is -2.68. The summed E-state index contributed by atoms with van der Waals surface area (Å²) >= 11 is 0. The maximum atomic E-state index is 12.9. The number of hydrogen-bond donors (Lipinski definition) is 5. The molecule has 0 radical (unpaired) electrons. The van der Waals surface area contributed by atoms with E-state index in [4.69, 9.17) is 5.73 Å². The van der Waals surface area contributed by atoms with Crippen molar-refractivity contribution < 1.29 is 23.9 Å². The van der Waals surface area contributed by atoms with Gasteiger partial charge in [0, 0.05) is 12.5 Å². The number of rotatable bonds is 6. The highest BCUT2D eigenvalue weighted by Gasteiger charge is 2.33. The Morgan fingerprint density at radius 2 is 1.85 bits per heavy atom. The van der Waals surface area contributed by atoms with Crippen LogP contribution in [0.1, 0.15) is 24.8 Å². The van der Waals surface area contributed by atoms with E-state index in [1.807, 2.05) is 0 Å². The summed E-state index contributed by atoms with van der Waals surface area (Å²) in [6.07, 6.45) is 0.415. The van der Waals surface area contributed by atoms with Crippen LogP contribution in [0.4, 0.5) is 9.18 Å². The molecule has 1 aromatic carbocycles. The number of carbonyl (C=O) groups excluding carboxylic acids is 3. The van der Waals surface area contributed by atoms with E-state index < -0.39 is 24.1 Å². The minimum absolute atomic E-state index is 0.185. The van der Waals surface area contributed by atoms with E-state index in [9.17, 15) is 23.9 Å². The van der Waals surface area contributed by atoms with Crippen molar-refractivity contribution in [3.05, 3.63) is 35.6 Å². The zero-order valence-corrected chi connectivity index (χ0v) is 14.2. The largest absolute Gasteiger partial charge is 0.391 e. The summed E-state index contributed by atoms with van der Waals surface area (Å²) in [6, 6.07) is 4.44. The van der Waals surface area contributed by atoms with Crippen molar-refractivity contribution in [2.75, 3.05) is 6.54 Å². The fourth-order valence-electron chi connectivity index (χ4n) is 2.91. The highest BCUT2D eigenvalue weighted by molar-refractivity contribution is 5.83. The molecule has 142 valence electrons. The van der Waals surface area contributed by atoms with E-state index in [1.165, 1.54) is 12.1 Å². The topological polar surface area (TPSA) is 134 Å². The maximum absolute atomic E-state index is 12.9. The number of amides is 4. The van der Waals surface area contributed by atoms with E-state index in [-0.39, 0.29) is 30.7 Å². The number of urea groups is 1. The smallest absolute Gasteiger partial charge is 0.312 e. The third-order valence-electron chi connectivity index (χ3n) is 4.33. The van der Waals surface area contributed by atoms with Crippen molar-refractivity contribution >= 4 is 17.8 Å². The van der Waals surface area contributed by atoms with Crippen LogP contribution in [0.25, 0.3) is 0 Å². The van der Waals surface area contributed by atoms with Crippen LogP contribution >= 0.6 is 0 Å². The van der Waals surface area contributed by atoms with Gasteiger partial charge in [-0.1, -0.05) is 12.1 Å². The Labute approximate surface area is 150 Å². The van der Waals surface area contributed by atoms with Gasteiger partial charge in [0.2, 0.25) is 11.8 Å². The van der Waals surface area contributed by atoms with Gasteiger partial charge in [0.25, 0.3) is 0 Å². The number of carbonyl (C=O) groups is 3. The standard InChI is InChI=1S/C17H23FN4O4/c18-12-4-1-10(2-5-12)8-20-16(25)11-3-6-14(23)13(7-11)22-15(24)9-21-17(19)26/h1-2,4-5,11,13-14,23H,3,6-9H2,(H,20,25)(H,22,24)(H3,19,21,26)/t11-,13+,14+/m0/s1. The lowest BCUT2D eigenvalue weighted by atomic mass is 9.83. The third kappa shape index (κ3) is 5.99. The lowest BCUT2D eigenvalue weighted by Crippen LogP contribution is -2.51. The molecule has 0 heterocycles. The second-order valence-corrected chi connectivity index (χ2v) is 6.31. The van der Waals surface area contributed by atoms with E-state index in [1.54, 1.807) is 12.1 Å². The minimum atomic E-state index is -0.817. The summed E-state index contributed by atoms with van der Waals surface area (Å²) < 4.78 is 12.9. The predicted octanol–water partition coefficient (Wildman–Crippen LogP) is -0.244. The molecule has 3 atom stereocenters. The van der Waals surface area contributed by atoms with Gasteiger partial charge in [-0.15, -0.1) is 0 Å². The van der Waals surface area contributed by atoms with Gasteiger partial charge in [-0.25, -0.2) is 9.18 Å². The first-order valence-corrected chi connectivity index (χ1v) is 8.38. The number of nitrogens with one attached hydrogen (secondary N) is 3. The van der Waals surface area contributed by atoms with Gasteiger partial charge in [0.05, 0.1) is 18.7 Å². The first kappa shape index (κ1) is 19.6. The van der Waals surface area contributed by atoms with Gasteiger partial charge in [-0.05, 0) is 37.0 Å². The molecule has 1 saturated carbocycles. The zero-order valence-electron chi connectivity index (χ0n) is 14.2. The monoisotopic (exact) mass is 366 g/mol. The molecule has 26 heavy (non-hydrogen) atoms.